The third kappa shape index (κ3) is 4.71. The molecule has 0 unspecified atom stereocenters. The molecule has 1 saturated heterocycles. The fraction of sp³-hybridized carbons (Fsp3) is 0.364. The van der Waals surface area contributed by atoms with Crippen molar-refractivity contribution in [2.24, 2.45) is 0 Å². The van der Waals surface area contributed by atoms with Crippen LogP contribution in [-0.4, -0.2) is 56.1 Å². The molecule has 0 saturated carbocycles. The second-order valence-electron chi connectivity index (χ2n) is 7.76. The highest BCUT2D eigenvalue weighted by Crippen LogP contribution is 2.33. The molecule has 1 aliphatic rings. The molecule has 0 aliphatic carbocycles. The van der Waals surface area contributed by atoms with Gasteiger partial charge in [-0.05, 0) is 49.2 Å². The Bertz CT molecular complexity index is 1180. The van der Waals surface area contributed by atoms with E-state index in [0.717, 1.165) is 10.6 Å². The zero-order valence-corrected chi connectivity index (χ0v) is 19.9. The first kappa shape index (κ1) is 22.0. The van der Waals surface area contributed by atoms with Crippen LogP contribution < -0.4 is 4.90 Å². The molecular weight excluding hydrogens is 454 g/mol. The van der Waals surface area contributed by atoms with Gasteiger partial charge in [0.2, 0.25) is 5.91 Å². The van der Waals surface area contributed by atoms with Gasteiger partial charge >= 0.3 is 0 Å². The number of fused-ring (bicyclic) bond motifs is 1. The van der Waals surface area contributed by atoms with Gasteiger partial charge in [-0.15, -0.1) is 0 Å². The lowest BCUT2D eigenvalue weighted by molar-refractivity contribution is -0.131. The number of sulfone groups is 1. The van der Waals surface area contributed by atoms with Crippen molar-refractivity contribution in [3.05, 3.63) is 52.5 Å². The van der Waals surface area contributed by atoms with Gasteiger partial charge in [0.15, 0.2) is 15.0 Å². The van der Waals surface area contributed by atoms with E-state index in [1.807, 2.05) is 0 Å². The molecule has 2 aromatic carbocycles. The number of hydrogen-bond acceptors (Lipinski definition) is 6. The van der Waals surface area contributed by atoms with Gasteiger partial charge in [0.05, 0.1) is 20.9 Å². The molecule has 1 fully saturated rings. The summed E-state index contributed by atoms with van der Waals surface area (Å²) < 4.78 is 26.2. The average Bonchev–Trinajstić information content (AvgIpc) is 3.22. The second-order valence-corrected chi connectivity index (χ2v) is 11.3. The van der Waals surface area contributed by atoms with E-state index in [4.69, 9.17) is 16.6 Å². The molecule has 3 aromatic rings. The monoisotopic (exact) mass is 477 g/mol. The number of halogens is 1. The third-order valence-corrected chi connectivity index (χ3v) is 8.83. The van der Waals surface area contributed by atoms with Crippen molar-refractivity contribution in [1.29, 1.82) is 0 Å². The topological polar surface area (TPSA) is 70.6 Å². The van der Waals surface area contributed by atoms with Crippen molar-refractivity contribution in [2.75, 3.05) is 36.8 Å². The van der Waals surface area contributed by atoms with Crippen LogP contribution in [0.1, 0.15) is 17.5 Å². The molecule has 0 bridgehead atoms. The predicted molar refractivity (Wildman–Crippen MR) is 126 cm³/mol. The predicted octanol–water partition coefficient (Wildman–Crippen LogP) is 4.08. The molecule has 0 spiro atoms. The zero-order chi connectivity index (χ0) is 22.2. The van der Waals surface area contributed by atoms with E-state index < -0.39 is 9.84 Å². The van der Waals surface area contributed by atoms with Crippen LogP contribution in [0, 0.1) is 13.8 Å². The molecule has 4 rings (SSSR count). The number of rotatable bonds is 5. The first-order valence-corrected chi connectivity index (χ1v) is 13.0. The van der Waals surface area contributed by atoms with Gasteiger partial charge in [-0.3, -0.25) is 4.79 Å². The van der Waals surface area contributed by atoms with Crippen molar-refractivity contribution in [2.45, 2.75) is 25.2 Å². The summed E-state index contributed by atoms with van der Waals surface area (Å²) >= 11 is 7.51. The lowest BCUT2D eigenvalue weighted by Gasteiger charge is -2.34. The Hall–Kier alpha value is -2.16. The number of nitrogens with zero attached hydrogens (tertiary/aromatic N) is 3. The SMILES string of the molecule is Cc1ccc(C)c2sc(N3CCN(C(=O)CCS(=O)(=O)c4ccc(Cl)cc4)CC3)nc12. The summed E-state index contributed by atoms with van der Waals surface area (Å²) in [5.41, 5.74) is 3.43. The number of benzene rings is 2. The number of anilines is 1. The van der Waals surface area contributed by atoms with Gasteiger partial charge in [-0.1, -0.05) is 35.1 Å². The molecule has 9 heteroatoms. The quantitative estimate of drug-likeness (QED) is 0.553. The highest BCUT2D eigenvalue weighted by Gasteiger charge is 2.25. The molecule has 164 valence electrons. The van der Waals surface area contributed by atoms with Crippen LogP contribution in [-0.2, 0) is 14.6 Å². The lowest BCUT2D eigenvalue weighted by Crippen LogP contribution is -2.49. The van der Waals surface area contributed by atoms with Crippen LogP contribution in [0.25, 0.3) is 10.2 Å². The van der Waals surface area contributed by atoms with Crippen LogP contribution in [0.5, 0.6) is 0 Å². The highest BCUT2D eigenvalue weighted by molar-refractivity contribution is 7.91. The maximum Gasteiger partial charge on any atom is 0.223 e. The molecule has 0 radical (unpaired) electrons. The largest absolute Gasteiger partial charge is 0.345 e. The first-order valence-electron chi connectivity index (χ1n) is 10.1. The molecule has 2 heterocycles. The fourth-order valence-electron chi connectivity index (χ4n) is 3.67. The molecule has 1 aromatic heterocycles. The molecule has 1 amide bonds. The summed E-state index contributed by atoms with van der Waals surface area (Å²) in [6, 6.07) is 10.2. The highest BCUT2D eigenvalue weighted by atomic mass is 35.5. The Kier molecular flexibility index (Phi) is 6.23. The maximum absolute atomic E-state index is 12.6. The Morgan fingerprint density at radius 2 is 1.68 bits per heavy atom. The Morgan fingerprint density at radius 3 is 2.32 bits per heavy atom. The minimum absolute atomic E-state index is 0.0233. The minimum atomic E-state index is -3.51. The van der Waals surface area contributed by atoms with Crippen molar-refractivity contribution in [3.8, 4) is 0 Å². The van der Waals surface area contributed by atoms with E-state index in [1.54, 1.807) is 28.4 Å². The van der Waals surface area contributed by atoms with Crippen LogP contribution >= 0.6 is 22.9 Å². The van der Waals surface area contributed by atoms with Crippen LogP contribution in [0.2, 0.25) is 5.02 Å². The molecule has 0 N–H and O–H groups in total. The van der Waals surface area contributed by atoms with E-state index in [9.17, 15) is 13.2 Å². The van der Waals surface area contributed by atoms with E-state index in [1.165, 1.54) is 28.0 Å². The van der Waals surface area contributed by atoms with E-state index in [2.05, 4.69) is 30.9 Å². The lowest BCUT2D eigenvalue weighted by atomic mass is 10.1. The minimum Gasteiger partial charge on any atom is -0.345 e. The zero-order valence-electron chi connectivity index (χ0n) is 17.5. The van der Waals surface area contributed by atoms with Gasteiger partial charge in [-0.25, -0.2) is 13.4 Å². The second kappa shape index (κ2) is 8.76. The number of carbonyl (C=O) groups excluding carboxylic acids is 1. The normalized spacial score (nSPS) is 14.9. The number of hydrogen-bond donors (Lipinski definition) is 0. The molecule has 0 atom stereocenters. The molecule has 6 nitrogen and oxygen atoms in total. The van der Waals surface area contributed by atoms with Gasteiger partial charge in [-0.2, -0.15) is 0 Å². The Labute approximate surface area is 191 Å². The van der Waals surface area contributed by atoms with Crippen LogP contribution in [0.4, 0.5) is 5.13 Å². The van der Waals surface area contributed by atoms with Crippen molar-refractivity contribution in [3.63, 3.8) is 0 Å². The van der Waals surface area contributed by atoms with Crippen LogP contribution in [0.3, 0.4) is 0 Å². The van der Waals surface area contributed by atoms with E-state index >= 15 is 0 Å². The first-order chi connectivity index (χ1) is 14.7. The smallest absolute Gasteiger partial charge is 0.223 e. The van der Waals surface area contributed by atoms with Crippen molar-refractivity contribution in [1.82, 2.24) is 9.88 Å². The summed E-state index contributed by atoms with van der Waals surface area (Å²) in [4.78, 5) is 21.6. The summed E-state index contributed by atoms with van der Waals surface area (Å²) in [5.74, 6) is -0.336. The van der Waals surface area contributed by atoms with E-state index in [-0.39, 0.29) is 23.0 Å². The van der Waals surface area contributed by atoms with Gasteiger partial charge in [0.1, 0.15) is 0 Å². The Morgan fingerprint density at radius 1 is 1.03 bits per heavy atom. The maximum atomic E-state index is 12.6. The summed E-state index contributed by atoms with van der Waals surface area (Å²) in [7, 11) is -3.51. The summed E-state index contributed by atoms with van der Waals surface area (Å²) in [6.07, 6.45) is -0.0233. The number of carbonyl (C=O) groups is 1. The number of piperazine rings is 1. The molecule has 1 aliphatic heterocycles. The average molecular weight is 478 g/mol. The summed E-state index contributed by atoms with van der Waals surface area (Å²) in [6.45, 7) is 6.67. The Balaban J connectivity index is 1.35. The van der Waals surface area contributed by atoms with Gasteiger partial charge in [0.25, 0.3) is 0 Å². The number of amides is 1. The molecule has 31 heavy (non-hydrogen) atoms. The third-order valence-electron chi connectivity index (χ3n) is 5.59. The number of thiazole rings is 1. The number of aromatic nitrogens is 1. The fourth-order valence-corrected chi connectivity index (χ4v) is 6.19. The standard InChI is InChI=1S/C22H24ClN3O3S2/c1-15-3-4-16(2)21-20(15)24-22(30-21)26-12-10-25(11-13-26)19(27)9-14-31(28,29)18-7-5-17(23)6-8-18/h3-8H,9-14H2,1-2H3. The van der Waals surface area contributed by atoms with Gasteiger partial charge < -0.3 is 9.80 Å². The van der Waals surface area contributed by atoms with Crippen molar-refractivity contribution < 1.29 is 13.2 Å². The molecular formula is C22H24ClN3O3S2. The number of aryl methyl sites for hydroxylation is 2. The van der Waals surface area contributed by atoms with Crippen molar-refractivity contribution >= 4 is 54.0 Å². The van der Waals surface area contributed by atoms with Crippen LogP contribution in [0.15, 0.2) is 41.3 Å². The summed E-state index contributed by atoms with van der Waals surface area (Å²) in [5, 5.41) is 1.45. The van der Waals surface area contributed by atoms with E-state index in [0.29, 0.717) is 31.2 Å². The van der Waals surface area contributed by atoms with Gasteiger partial charge in [0, 0.05) is 37.6 Å².